The van der Waals surface area contributed by atoms with Gasteiger partial charge in [-0.25, -0.2) is 4.39 Å². The van der Waals surface area contributed by atoms with E-state index in [-0.39, 0.29) is 11.6 Å². The van der Waals surface area contributed by atoms with Crippen molar-refractivity contribution in [1.82, 2.24) is 0 Å². The standard InChI is InChI=1S/C19H15FO4/c1-22-17-11-13(18(23-2)15-9-10-24-19(15)17)5-8-16(21)12-3-6-14(20)7-4-12/h3-11H,1-2H3/b8-5+. The lowest BCUT2D eigenvalue weighted by molar-refractivity contribution is 0.104. The molecule has 0 aliphatic heterocycles. The highest BCUT2D eigenvalue weighted by Crippen LogP contribution is 2.38. The van der Waals surface area contributed by atoms with Crippen LogP contribution in [0, 0.1) is 5.82 Å². The second kappa shape index (κ2) is 6.58. The van der Waals surface area contributed by atoms with Gasteiger partial charge >= 0.3 is 0 Å². The Morgan fingerprint density at radius 1 is 1.12 bits per heavy atom. The fourth-order valence-corrected chi connectivity index (χ4v) is 2.49. The minimum absolute atomic E-state index is 0.233. The van der Waals surface area contributed by atoms with Crippen LogP contribution in [0.15, 0.2) is 53.2 Å². The number of furan rings is 1. The Hall–Kier alpha value is -3.08. The lowest BCUT2D eigenvalue weighted by atomic mass is 10.1. The van der Waals surface area contributed by atoms with Crippen LogP contribution >= 0.6 is 0 Å². The van der Waals surface area contributed by atoms with Gasteiger partial charge in [0.2, 0.25) is 0 Å². The molecule has 0 unspecified atom stereocenters. The second-order valence-corrected chi connectivity index (χ2v) is 5.07. The van der Waals surface area contributed by atoms with E-state index in [1.807, 2.05) is 0 Å². The van der Waals surface area contributed by atoms with E-state index in [9.17, 15) is 9.18 Å². The molecule has 5 heteroatoms. The molecule has 0 aliphatic rings. The Kier molecular flexibility index (Phi) is 4.33. The summed E-state index contributed by atoms with van der Waals surface area (Å²) >= 11 is 0. The van der Waals surface area contributed by atoms with Crippen LogP contribution in [0.1, 0.15) is 15.9 Å². The number of carbonyl (C=O) groups is 1. The molecule has 0 N–H and O–H groups in total. The van der Waals surface area contributed by atoms with E-state index in [1.54, 1.807) is 38.7 Å². The summed E-state index contributed by atoms with van der Waals surface area (Å²) in [6.07, 6.45) is 4.60. The van der Waals surface area contributed by atoms with E-state index in [1.165, 1.54) is 30.3 Å². The third-order valence-electron chi connectivity index (χ3n) is 3.65. The number of methoxy groups -OCH3 is 2. The van der Waals surface area contributed by atoms with Gasteiger partial charge in [-0.3, -0.25) is 4.79 Å². The molecule has 0 aliphatic carbocycles. The molecule has 0 saturated heterocycles. The molecule has 0 saturated carbocycles. The first kappa shape index (κ1) is 15.8. The van der Waals surface area contributed by atoms with Gasteiger partial charge in [-0.15, -0.1) is 0 Å². The van der Waals surface area contributed by atoms with Crippen molar-refractivity contribution < 1.29 is 23.1 Å². The number of benzene rings is 2. The SMILES string of the molecule is COc1c(/C=C/C(=O)c2ccc(F)cc2)cc(OC)c2occc12. The van der Waals surface area contributed by atoms with Crippen LogP contribution in [-0.2, 0) is 0 Å². The fourth-order valence-electron chi connectivity index (χ4n) is 2.49. The van der Waals surface area contributed by atoms with E-state index in [2.05, 4.69) is 0 Å². The Bertz CT molecular complexity index is 907. The van der Waals surface area contributed by atoms with E-state index in [0.29, 0.717) is 28.2 Å². The summed E-state index contributed by atoms with van der Waals surface area (Å²) in [5.41, 5.74) is 1.66. The largest absolute Gasteiger partial charge is 0.495 e. The molecule has 1 aromatic heterocycles. The van der Waals surface area contributed by atoms with Gasteiger partial charge in [0.05, 0.1) is 25.9 Å². The molecule has 3 aromatic rings. The number of allylic oxidation sites excluding steroid dienone is 1. The summed E-state index contributed by atoms with van der Waals surface area (Å²) in [7, 11) is 3.09. The highest BCUT2D eigenvalue weighted by atomic mass is 19.1. The molecular formula is C19H15FO4. The monoisotopic (exact) mass is 326 g/mol. The average Bonchev–Trinajstić information content (AvgIpc) is 3.08. The number of halogens is 1. The highest BCUT2D eigenvalue weighted by Gasteiger charge is 2.14. The molecular weight excluding hydrogens is 311 g/mol. The van der Waals surface area contributed by atoms with Crippen LogP contribution in [0.4, 0.5) is 4.39 Å². The molecule has 122 valence electrons. The summed E-state index contributed by atoms with van der Waals surface area (Å²) in [6.45, 7) is 0. The first-order chi connectivity index (χ1) is 11.6. The fraction of sp³-hybridized carbons (Fsp3) is 0.105. The summed E-state index contributed by atoms with van der Waals surface area (Å²) in [6, 6.07) is 8.90. The quantitative estimate of drug-likeness (QED) is 0.512. The van der Waals surface area contributed by atoms with E-state index < -0.39 is 0 Å². The van der Waals surface area contributed by atoms with Crippen LogP contribution in [0.5, 0.6) is 11.5 Å². The third-order valence-corrected chi connectivity index (χ3v) is 3.65. The van der Waals surface area contributed by atoms with Crippen LogP contribution in [0.3, 0.4) is 0 Å². The Morgan fingerprint density at radius 2 is 1.88 bits per heavy atom. The molecule has 0 bridgehead atoms. The van der Waals surface area contributed by atoms with Crippen molar-refractivity contribution in [3.63, 3.8) is 0 Å². The number of ketones is 1. The number of carbonyl (C=O) groups excluding carboxylic acids is 1. The first-order valence-corrected chi connectivity index (χ1v) is 7.24. The Balaban J connectivity index is 1.99. The Labute approximate surface area is 138 Å². The molecule has 0 amide bonds. The van der Waals surface area contributed by atoms with Crippen molar-refractivity contribution in [3.8, 4) is 11.5 Å². The molecule has 0 fully saturated rings. The number of ether oxygens (including phenoxy) is 2. The lowest BCUT2D eigenvalue weighted by Gasteiger charge is -2.09. The maximum atomic E-state index is 12.9. The molecule has 1 heterocycles. The zero-order chi connectivity index (χ0) is 17.1. The van der Waals surface area contributed by atoms with Gasteiger partial charge in [0.15, 0.2) is 17.1 Å². The van der Waals surface area contributed by atoms with E-state index in [4.69, 9.17) is 13.9 Å². The van der Waals surface area contributed by atoms with E-state index >= 15 is 0 Å². The lowest BCUT2D eigenvalue weighted by Crippen LogP contribution is -1.95. The smallest absolute Gasteiger partial charge is 0.185 e. The zero-order valence-corrected chi connectivity index (χ0v) is 13.2. The van der Waals surface area contributed by atoms with Crippen LogP contribution < -0.4 is 9.47 Å². The number of hydrogen-bond acceptors (Lipinski definition) is 4. The zero-order valence-electron chi connectivity index (χ0n) is 13.2. The molecule has 0 radical (unpaired) electrons. The maximum Gasteiger partial charge on any atom is 0.185 e. The van der Waals surface area contributed by atoms with Crippen LogP contribution in [-0.4, -0.2) is 20.0 Å². The van der Waals surface area contributed by atoms with Crippen molar-refractivity contribution in [1.29, 1.82) is 0 Å². The summed E-state index contributed by atoms with van der Waals surface area (Å²) in [5, 5.41) is 0.755. The molecule has 2 aromatic carbocycles. The van der Waals surface area contributed by atoms with Gasteiger partial charge in [-0.2, -0.15) is 0 Å². The predicted octanol–water partition coefficient (Wildman–Crippen LogP) is 4.49. The first-order valence-electron chi connectivity index (χ1n) is 7.24. The van der Waals surface area contributed by atoms with Crippen molar-refractivity contribution in [2.45, 2.75) is 0 Å². The third kappa shape index (κ3) is 2.88. The van der Waals surface area contributed by atoms with Gasteiger partial charge in [0.1, 0.15) is 11.6 Å². The van der Waals surface area contributed by atoms with Gasteiger partial charge in [-0.1, -0.05) is 0 Å². The highest BCUT2D eigenvalue weighted by molar-refractivity contribution is 6.07. The molecule has 0 atom stereocenters. The van der Waals surface area contributed by atoms with Crippen molar-refractivity contribution in [3.05, 3.63) is 65.7 Å². The normalized spacial score (nSPS) is 11.1. The molecule has 3 rings (SSSR count). The minimum Gasteiger partial charge on any atom is -0.495 e. The summed E-state index contributed by atoms with van der Waals surface area (Å²) in [5.74, 6) is 0.517. The summed E-state index contributed by atoms with van der Waals surface area (Å²) < 4.78 is 29.1. The van der Waals surface area contributed by atoms with Crippen LogP contribution in [0.2, 0.25) is 0 Å². The number of rotatable bonds is 5. The molecule has 4 nitrogen and oxygen atoms in total. The van der Waals surface area contributed by atoms with Crippen molar-refractivity contribution in [2.24, 2.45) is 0 Å². The minimum atomic E-state index is -0.382. The van der Waals surface area contributed by atoms with Crippen LogP contribution in [0.25, 0.3) is 17.0 Å². The number of fused-ring (bicyclic) bond motifs is 1. The van der Waals surface area contributed by atoms with Crippen molar-refractivity contribution in [2.75, 3.05) is 14.2 Å². The molecule has 24 heavy (non-hydrogen) atoms. The molecule has 0 spiro atoms. The van der Waals surface area contributed by atoms with Gasteiger partial charge in [0.25, 0.3) is 0 Å². The van der Waals surface area contributed by atoms with E-state index in [0.717, 1.165) is 5.39 Å². The predicted molar refractivity (Wildman–Crippen MR) is 89.1 cm³/mol. The maximum absolute atomic E-state index is 12.9. The Morgan fingerprint density at radius 3 is 2.54 bits per heavy atom. The topological polar surface area (TPSA) is 48.7 Å². The number of hydrogen-bond donors (Lipinski definition) is 0. The average molecular weight is 326 g/mol. The summed E-state index contributed by atoms with van der Waals surface area (Å²) in [4.78, 5) is 12.2. The van der Waals surface area contributed by atoms with Crippen molar-refractivity contribution >= 4 is 22.8 Å². The second-order valence-electron chi connectivity index (χ2n) is 5.07. The van der Waals surface area contributed by atoms with Gasteiger partial charge in [-0.05, 0) is 48.6 Å². The van der Waals surface area contributed by atoms with Gasteiger partial charge < -0.3 is 13.9 Å². The van der Waals surface area contributed by atoms with Gasteiger partial charge in [0, 0.05) is 11.1 Å².